The molecule has 0 saturated carbocycles. The van der Waals surface area contributed by atoms with Crippen molar-refractivity contribution in [1.82, 2.24) is 9.88 Å². The molecule has 0 N–H and O–H groups in total. The Morgan fingerprint density at radius 2 is 1.84 bits per heavy atom. The van der Waals surface area contributed by atoms with E-state index in [-0.39, 0.29) is 10.6 Å². The summed E-state index contributed by atoms with van der Waals surface area (Å²) in [5.74, 6) is -0.484. The monoisotopic (exact) mass is 369 g/mol. The van der Waals surface area contributed by atoms with Crippen molar-refractivity contribution < 1.29 is 18.0 Å². The van der Waals surface area contributed by atoms with Gasteiger partial charge in [0.05, 0.1) is 28.0 Å². The molecule has 1 amide bonds. The average Bonchev–Trinajstić information content (AvgIpc) is 2.61. The number of rotatable bonds is 2. The first-order chi connectivity index (χ1) is 11.9. The highest BCUT2D eigenvalue weighted by atomic mass is 35.5. The molecule has 0 bridgehead atoms. The number of alkyl halides is 3. The van der Waals surface area contributed by atoms with Crippen molar-refractivity contribution in [2.24, 2.45) is 0 Å². The highest BCUT2D eigenvalue weighted by Gasteiger charge is 2.32. The molecule has 8 heteroatoms. The lowest BCUT2D eigenvalue weighted by Gasteiger charge is -2.36. The molecule has 1 aromatic carbocycles. The Labute approximate surface area is 147 Å². The lowest BCUT2D eigenvalue weighted by Crippen LogP contribution is -2.48. The fraction of sp³-hybridized carbons (Fsp3) is 0.294. The van der Waals surface area contributed by atoms with Crippen LogP contribution in [0.25, 0.3) is 0 Å². The normalized spacial score (nSPS) is 15.4. The summed E-state index contributed by atoms with van der Waals surface area (Å²) in [5.41, 5.74) is -0.0488. The van der Waals surface area contributed by atoms with E-state index in [4.69, 9.17) is 11.6 Å². The van der Waals surface area contributed by atoms with Gasteiger partial charge in [0, 0.05) is 32.4 Å². The molecule has 3 rings (SSSR count). The van der Waals surface area contributed by atoms with E-state index < -0.39 is 17.6 Å². The molecule has 1 fully saturated rings. The first-order valence-electron chi connectivity index (χ1n) is 7.67. The summed E-state index contributed by atoms with van der Waals surface area (Å²) >= 11 is 5.95. The molecule has 2 aromatic rings. The van der Waals surface area contributed by atoms with Gasteiger partial charge in [0.2, 0.25) is 0 Å². The maximum Gasteiger partial charge on any atom is 0.416 e. The molecule has 1 aromatic heterocycles. The second-order valence-electron chi connectivity index (χ2n) is 5.68. The number of halogens is 4. The van der Waals surface area contributed by atoms with Gasteiger partial charge in [-0.2, -0.15) is 13.2 Å². The Morgan fingerprint density at radius 3 is 2.44 bits per heavy atom. The number of amides is 1. The number of carbonyl (C=O) groups excluding carboxylic acids is 1. The van der Waals surface area contributed by atoms with Crippen LogP contribution in [-0.2, 0) is 6.18 Å². The third-order valence-electron chi connectivity index (χ3n) is 4.10. The zero-order valence-electron chi connectivity index (χ0n) is 13.1. The van der Waals surface area contributed by atoms with Crippen LogP contribution in [0.15, 0.2) is 42.7 Å². The Kier molecular flexibility index (Phi) is 4.85. The minimum atomic E-state index is -4.52. The van der Waals surface area contributed by atoms with E-state index in [2.05, 4.69) is 9.88 Å². The van der Waals surface area contributed by atoms with Gasteiger partial charge < -0.3 is 9.80 Å². The van der Waals surface area contributed by atoms with Crippen LogP contribution < -0.4 is 4.90 Å². The standard InChI is InChI=1S/C17H15ClF3N3O/c18-15-4-3-12(17(19,20)21)10-14(15)16(25)24-8-6-23(7-9-24)13-2-1-5-22-11-13/h1-5,10-11H,6-9H2. The smallest absolute Gasteiger partial charge is 0.367 e. The maximum absolute atomic E-state index is 12.9. The maximum atomic E-state index is 12.9. The van der Waals surface area contributed by atoms with E-state index in [1.165, 1.54) is 4.90 Å². The van der Waals surface area contributed by atoms with Crippen LogP contribution in [0.1, 0.15) is 15.9 Å². The number of benzene rings is 1. The van der Waals surface area contributed by atoms with Gasteiger partial charge in [0.15, 0.2) is 0 Å². The van der Waals surface area contributed by atoms with Crippen LogP contribution in [0, 0.1) is 0 Å². The number of hydrogen-bond donors (Lipinski definition) is 0. The van der Waals surface area contributed by atoms with Gasteiger partial charge in [0.25, 0.3) is 5.91 Å². The molecule has 0 spiro atoms. The lowest BCUT2D eigenvalue weighted by atomic mass is 10.1. The van der Waals surface area contributed by atoms with E-state index in [9.17, 15) is 18.0 Å². The summed E-state index contributed by atoms with van der Waals surface area (Å²) in [6, 6.07) is 6.56. The number of anilines is 1. The van der Waals surface area contributed by atoms with Gasteiger partial charge in [-0.25, -0.2) is 0 Å². The van der Waals surface area contributed by atoms with Gasteiger partial charge in [-0.15, -0.1) is 0 Å². The molecule has 0 radical (unpaired) electrons. The Hall–Kier alpha value is -2.28. The fourth-order valence-corrected chi connectivity index (χ4v) is 2.94. The summed E-state index contributed by atoms with van der Waals surface area (Å²) in [6.07, 6.45) is -1.10. The van der Waals surface area contributed by atoms with Crippen LogP contribution in [0.2, 0.25) is 5.02 Å². The van der Waals surface area contributed by atoms with E-state index >= 15 is 0 Å². The highest BCUT2D eigenvalue weighted by molar-refractivity contribution is 6.33. The molecular weight excluding hydrogens is 355 g/mol. The summed E-state index contributed by atoms with van der Waals surface area (Å²) < 4.78 is 38.6. The Bertz CT molecular complexity index is 759. The van der Waals surface area contributed by atoms with Gasteiger partial charge in [0.1, 0.15) is 0 Å². The number of carbonyl (C=O) groups is 1. The third-order valence-corrected chi connectivity index (χ3v) is 4.43. The van der Waals surface area contributed by atoms with E-state index in [0.29, 0.717) is 26.2 Å². The third kappa shape index (κ3) is 3.87. The molecule has 0 atom stereocenters. The first-order valence-corrected chi connectivity index (χ1v) is 8.05. The molecule has 1 aliphatic rings. The molecule has 4 nitrogen and oxygen atoms in total. The summed E-state index contributed by atoms with van der Waals surface area (Å²) in [6.45, 7) is 1.96. The van der Waals surface area contributed by atoms with Gasteiger partial charge >= 0.3 is 6.18 Å². The molecule has 0 aliphatic carbocycles. The Balaban J connectivity index is 1.73. The molecule has 1 saturated heterocycles. The highest BCUT2D eigenvalue weighted by Crippen LogP contribution is 2.32. The van der Waals surface area contributed by atoms with Crippen molar-refractivity contribution >= 4 is 23.2 Å². The molecule has 2 heterocycles. The van der Waals surface area contributed by atoms with Crippen molar-refractivity contribution in [2.45, 2.75) is 6.18 Å². The predicted octanol–water partition coefficient (Wildman–Crippen LogP) is 3.72. The SMILES string of the molecule is O=C(c1cc(C(F)(F)F)ccc1Cl)N1CCN(c2cccnc2)CC1. The quantitative estimate of drug-likeness (QED) is 0.809. The van der Waals surface area contributed by atoms with Crippen LogP contribution in [-0.4, -0.2) is 42.0 Å². The van der Waals surface area contributed by atoms with Gasteiger partial charge in [-0.1, -0.05) is 11.6 Å². The number of pyridine rings is 1. The predicted molar refractivity (Wildman–Crippen MR) is 88.8 cm³/mol. The molecule has 0 unspecified atom stereocenters. The number of nitrogens with zero attached hydrogens (tertiary/aromatic N) is 3. The number of piperazine rings is 1. The van der Waals surface area contributed by atoms with E-state index in [0.717, 1.165) is 23.9 Å². The Morgan fingerprint density at radius 1 is 1.12 bits per heavy atom. The summed E-state index contributed by atoms with van der Waals surface area (Å²) in [7, 11) is 0. The first kappa shape index (κ1) is 17.5. The van der Waals surface area contributed by atoms with Crippen molar-refractivity contribution in [3.8, 4) is 0 Å². The van der Waals surface area contributed by atoms with E-state index in [1.807, 2.05) is 12.1 Å². The topological polar surface area (TPSA) is 36.4 Å². The van der Waals surface area contributed by atoms with Crippen LogP contribution in [0.5, 0.6) is 0 Å². The fourth-order valence-electron chi connectivity index (χ4n) is 2.74. The second kappa shape index (κ2) is 6.92. The molecular formula is C17H15ClF3N3O. The average molecular weight is 370 g/mol. The van der Waals surface area contributed by atoms with Crippen LogP contribution in [0.3, 0.4) is 0 Å². The minimum Gasteiger partial charge on any atom is -0.367 e. The summed E-state index contributed by atoms with van der Waals surface area (Å²) in [5, 5.41) is 0.0210. The number of aromatic nitrogens is 1. The van der Waals surface area contributed by atoms with Crippen molar-refractivity contribution in [2.75, 3.05) is 31.1 Å². The van der Waals surface area contributed by atoms with Crippen LogP contribution >= 0.6 is 11.6 Å². The zero-order chi connectivity index (χ0) is 18.0. The van der Waals surface area contributed by atoms with Crippen molar-refractivity contribution in [1.29, 1.82) is 0 Å². The second-order valence-corrected chi connectivity index (χ2v) is 6.09. The molecule has 132 valence electrons. The van der Waals surface area contributed by atoms with Gasteiger partial charge in [-0.05, 0) is 30.3 Å². The van der Waals surface area contributed by atoms with Crippen LogP contribution in [0.4, 0.5) is 18.9 Å². The van der Waals surface area contributed by atoms with Gasteiger partial charge in [-0.3, -0.25) is 9.78 Å². The number of hydrogen-bond acceptors (Lipinski definition) is 3. The lowest BCUT2D eigenvalue weighted by molar-refractivity contribution is -0.137. The van der Waals surface area contributed by atoms with Crippen molar-refractivity contribution in [3.63, 3.8) is 0 Å². The minimum absolute atomic E-state index is 0.0210. The molecule has 25 heavy (non-hydrogen) atoms. The van der Waals surface area contributed by atoms with E-state index in [1.54, 1.807) is 12.4 Å². The zero-order valence-corrected chi connectivity index (χ0v) is 13.9. The largest absolute Gasteiger partial charge is 0.416 e. The summed E-state index contributed by atoms with van der Waals surface area (Å²) in [4.78, 5) is 20.2. The van der Waals surface area contributed by atoms with Crippen molar-refractivity contribution in [3.05, 3.63) is 58.9 Å². The molecule has 1 aliphatic heterocycles.